The monoisotopic (exact) mass is 291 g/mol. The number of imidazole rings is 1. The van der Waals surface area contributed by atoms with Gasteiger partial charge in [-0.1, -0.05) is 6.92 Å². The predicted octanol–water partition coefficient (Wildman–Crippen LogP) is 1.63. The van der Waals surface area contributed by atoms with Crippen LogP contribution in [0.5, 0.6) is 0 Å². The summed E-state index contributed by atoms with van der Waals surface area (Å²) < 4.78 is 2.36. The smallest absolute Gasteiger partial charge is 0.0951 e. The summed E-state index contributed by atoms with van der Waals surface area (Å²) in [5.74, 6) is 0. The first-order valence-electron chi connectivity index (χ1n) is 8.40. The maximum absolute atomic E-state index is 6.12. The Morgan fingerprint density at radius 2 is 2.05 bits per heavy atom. The molecule has 1 aromatic heterocycles. The van der Waals surface area contributed by atoms with Crippen LogP contribution in [-0.2, 0) is 0 Å². The third-order valence-corrected chi connectivity index (χ3v) is 5.27. The molecule has 0 bridgehead atoms. The minimum absolute atomic E-state index is 0.297. The van der Waals surface area contributed by atoms with Crippen LogP contribution in [0.3, 0.4) is 0 Å². The van der Waals surface area contributed by atoms with Crippen molar-refractivity contribution in [2.75, 3.05) is 33.2 Å². The van der Waals surface area contributed by atoms with E-state index in [1.807, 2.05) is 12.5 Å². The summed E-state index contributed by atoms with van der Waals surface area (Å²) in [5.41, 5.74) is 7.43. The Kier molecular flexibility index (Phi) is 4.62. The van der Waals surface area contributed by atoms with Crippen molar-refractivity contribution in [1.29, 1.82) is 0 Å². The number of piperidine rings is 1. The summed E-state index contributed by atoms with van der Waals surface area (Å²) in [4.78, 5) is 9.42. The van der Waals surface area contributed by atoms with Gasteiger partial charge >= 0.3 is 0 Å². The topological polar surface area (TPSA) is 50.3 Å². The summed E-state index contributed by atoms with van der Waals surface area (Å²) in [6.45, 7) is 6.52. The van der Waals surface area contributed by atoms with E-state index in [2.05, 4.69) is 33.3 Å². The van der Waals surface area contributed by atoms with Crippen molar-refractivity contribution in [1.82, 2.24) is 19.4 Å². The molecule has 1 saturated carbocycles. The summed E-state index contributed by atoms with van der Waals surface area (Å²) in [5, 5.41) is 0. The van der Waals surface area contributed by atoms with Crippen LogP contribution in [-0.4, -0.2) is 58.6 Å². The molecule has 21 heavy (non-hydrogen) atoms. The lowest BCUT2D eigenvalue weighted by Gasteiger charge is -2.40. The van der Waals surface area contributed by atoms with E-state index in [-0.39, 0.29) is 0 Å². The molecular formula is C16H29N5. The largest absolute Gasteiger partial charge is 0.330 e. The van der Waals surface area contributed by atoms with Gasteiger partial charge in [0.15, 0.2) is 0 Å². The molecule has 1 atom stereocenters. The zero-order valence-corrected chi connectivity index (χ0v) is 13.4. The Morgan fingerprint density at radius 1 is 1.33 bits per heavy atom. The number of nitrogens with zero attached hydrogens (tertiary/aromatic N) is 4. The van der Waals surface area contributed by atoms with Crippen molar-refractivity contribution in [3.8, 4) is 0 Å². The lowest BCUT2D eigenvalue weighted by atomic mass is 10.0. The van der Waals surface area contributed by atoms with Crippen molar-refractivity contribution in [2.24, 2.45) is 5.73 Å². The van der Waals surface area contributed by atoms with Gasteiger partial charge in [0, 0.05) is 24.8 Å². The Hall–Kier alpha value is -0.910. The van der Waals surface area contributed by atoms with E-state index in [4.69, 9.17) is 5.73 Å². The van der Waals surface area contributed by atoms with Gasteiger partial charge in [0.2, 0.25) is 0 Å². The molecular weight excluding hydrogens is 262 g/mol. The number of hydrogen-bond acceptors (Lipinski definition) is 4. The molecule has 1 aliphatic carbocycles. The highest BCUT2D eigenvalue weighted by Gasteiger charge is 2.32. The Labute approximate surface area is 128 Å². The van der Waals surface area contributed by atoms with E-state index in [0.29, 0.717) is 24.7 Å². The predicted molar refractivity (Wildman–Crippen MR) is 85.2 cm³/mol. The highest BCUT2D eigenvalue weighted by molar-refractivity contribution is 5.10. The second-order valence-electron chi connectivity index (χ2n) is 6.54. The van der Waals surface area contributed by atoms with Crippen LogP contribution in [0.4, 0.5) is 0 Å². The Morgan fingerprint density at radius 3 is 2.62 bits per heavy atom. The quantitative estimate of drug-likeness (QED) is 0.865. The van der Waals surface area contributed by atoms with Crippen LogP contribution in [0.1, 0.15) is 50.4 Å². The minimum Gasteiger partial charge on any atom is -0.330 e. The summed E-state index contributed by atoms with van der Waals surface area (Å²) >= 11 is 0. The molecule has 1 aromatic rings. The first kappa shape index (κ1) is 15.0. The number of hydrogen-bond donors (Lipinski definition) is 1. The molecule has 1 unspecified atom stereocenters. The van der Waals surface area contributed by atoms with E-state index in [0.717, 1.165) is 0 Å². The van der Waals surface area contributed by atoms with Gasteiger partial charge in [-0.05, 0) is 52.4 Å². The van der Waals surface area contributed by atoms with E-state index >= 15 is 0 Å². The maximum atomic E-state index is 6.12. The lowest BCUT2D eigenvalue weighted by Crippen LogP contribution is -2.46. The van der Waals surface area contributed by atoms with E-state index in [1.54, 1.807) is 0 Å². The summed E-state index contributed by atoms with van der Waals surface area (Å²) in [6, 6.07) is 1.61. The normalized spacial score (nSPS) is 22.9. The first-order valence-corrected chi connectivity index (χ1v) is 8.40. The number of nitrogens with two attached hydrogens (primary N) is 1. The molecule has 2 N–H and O–H groups in total. The molecule has 5 nitrogen and oxygen atoms in total. The average Bonchev–Trinajstić information content (AvgIpc) is 3.27. The number of rotatable bonds is 6. The molecule has 2 aliphatic rings. The van der Waals surface area contributed by atoms with Crippen molar-refractivity contribution >= 4 is 0 Å². The third-order valence-electron chi connectivity index (χ3n) is 5.27. The average molecular weight is 291 g/mol. The fourth-order valence-corrected chi connectivity index (χ4v) is 3.62. The third kappa shape index (κ3) is 3.15. The molecule has 2 heterocycles. The minimum atomic E-state index is 0.297. The van der Waals surface area contributed by atoms with Crippen LogP contribution >= 0.6 is 0 Å². The lowest BCUT2D eigenvalue weighted by molar-refractivity contribution is 0.0978. The zero-order valence-electron chi connectivity index (χ0n) is 13.4. The fourth-order valence-electron chi connectivity index (χ4n) is 3.62. The number of aromatic nitrogens is 2. The fraction of sp³-hybridized carbons (Fsp3) is 0.812. The second kappa shape index (κ2) is 6.46. The molecule has 3 rings (SSSR count). The second-order valence-corrected chi connectivity index (χ2v) is 6.54. The number of likely N-dealkylation sites (N-methyl/N-ethyl adjacent to an activating group) is 1. The Balaban J connectivity index is 1.69. The van der Waals surface area contributed by atoms with Gasteiger partial charge < -0.3 is 15.2 Å². The van der Waals surface area contributed by atoms with Gasteiger partial charge in [-0.2, -0.15) is 0 Å². The SMILES string of the molecule is CCN1CCC(N(C)C(CN)c2cncn2C2CC2)CC1. The van der Waals surface area contributed by atoms with Crippen LogP contribution in [0.15, 0.2) is 12.5 Å². The molecule has 1 aliphatic heterocycles. The zero-order chi connectivity index (χ0) is 14.8. The van der Waals surface area contributed by atoms with Gasteiger partial charge in [0.1, 0.15) is 0 Å². The van der Waals surface area contributed by atoms with Crippen LogP contribution in [0.2, 0.25) is 0 Å². The Bertz CT molecular complexity index is 445. The molecule has 2 fully saturated rings. The molecule has 0 spiro atoms. The van der Waals surface area contributed by atoms with Crippen molar-refractivity contribution in [3.63, 3.8) is 0 Å². The van der Waals surface area contributed by atoms with Gasteiger partial charge in [-0.15, -0.1) is 0 Å². The van der Waals surface area contributed by atoms with Crippen molar-refractivity contribution < 1.29 is 0 Å². The van der Waals surface area contributed by atoms with E-state index < -0.39 is 0 Å². The van der Waals surface area contributed by atoms with Crippen molar-refractivity contribution in [2.45, 2.75) is 50.7 Å². The molecule has 1 saturated heterocycles. The van der Waals surface area contributed by atoms with Crippen LogP contribution in [0, 0.1) is 0 Å². The molecule has 118 valence electrons. The highest BCUT2D eigenvalue weighted by Crippen LogP contribution is 2.38. The molecule has 0 aromatic carbocycles. The highest BCUT2D eigenvalue weighted by atomic mass is 15.2. The summed E-state index contributed by atoms with van der Waals surface area (Å²) in [7, 11) is 2.24. The number of likely N-dealkylation sites (tertiary alicyclic amines) is 1. The van der Waals surface area contributed by atoms with Gasteiger partial charge in [0.05, 0.1) is 18.1 Å². The van der Waals surface area contributed by atoms with Crippen LogP contribution in [0.25, 0.3) is 0 Å². The van der Waals surface area contributed by atoms with Gasteiger partial charge in [0.25, 0.3) is 0 Å². The van der Waals surface area contributed by atoms with Crippen molar-refractivity contribution in [3.05, 3.63) is 18.2 Å². The molecule has 0 amide bonds. The van der Waals surface area contributed by atoms with E-state index in [9.17, 15) is 0 Å². The maximum Gasteiger partial charge on any atom is 0.0951 e. The summed E-state index contributed by atoms with van der Waals surface area (Å²) in [6.07, 6.45) is 9.09. The van der Waals surface area contributed by atoms with Gasteiger partial charge in [-0.25, -0.2) is 4.98 Å². The van der Waals surface area contributed by atoms with E-state index in [1.165, 1.54) is 51.0 Å². The van der Waals surface area contributed by atoms with Crippen LogP contribution < -0.4 is 5.73 Å². The van der Waals surface area contributed by atoms with Gasteiger partial charge in [-0.3, -0.25) is 4.90 Å². The molecule has 0 radical (unpaired) electrons. The first-order chi connectivity index (χ1) is 10.2. The standard InChI is InChI=1S/C16H29N5/c1-3-20-8-6-13(7-9-20)19(2)15(10-17)16-11-18-12-21(16)14-4-5-14/h11-15H,3-10,17H2,1-2H3. The molecule has 5 heteroatoms.